The van der Waals surface area contributed by atoms with Crippen LogP contribution in [0.3, 0.4) is 0 Å². The van der Waals surface area contributed by atoms with E-state index in [0.29, 0.717) is 0 Å². The van der Waals surface area contributed by atoms with Gasteiger partial charge in [-0.1, -0.05) is 51.1 Å². The van der Waals surface area contributed by atoms with Crippen LogP contribution in [0.15, 0.2) is 42.6 Å². The Labute approximate surface area is 158 Å². The predicted molar refractivity (Wildman–Crippen MR) is 110 cm³/mol. The Balaban J connectivity index is 1.58. The molecule has 0 bridgehead atoms. The minimum atomic E-state index is 0.207. The van der Waals surface area contributed by atoms with E-state index in [1.54, 1.807) is 0 Å². The van der Waals surface area contributed by atoms with Gasteiger partial charge in [0.25, 0.3) is 0 Å². The van der Waals surface area contributed by atoms with Gasteiger partial charge in [0, 0.05) is 51.0 Å². The summed E-state index contributed by atoms with van der Waals surface area (Å²) in [5, 5.41) is 3.59. The maximum Gasteiger partial charge on any atom is 0.133 e. The zero-order valence-electron chi connectivity index (χ0n) is 16.6. The first kappa shape index (κ1) is 18.9. The topological polar surface area (TPSA) is 31.4 Å². The number of rotatable bonds is 5. The van der Waals surface area contributed by atoms with Crippen molar-refractivity contribution in [3.8, 4) is 0 Å². The maximum absolute atomic E-state index is 4.66. The molecule has 0 aliphatic carbocycles. The Hall–Kier alpha value is -1.91. The summed E-state index contributed by atoms with van der Waals surface area (Å²) in [6.07, 6.45) is 1.91. The highest BCUT2D eigenvalue weighted by atomic mass is 15.3. The van der Waals surface area contributed by atoms with Crippen molar-refractivity contribution < 1.29 is 0 Å². The van der Waals surface area contributed by atoms with Crippen LogP contribution >= 0.6 is 0 Å². The van der Waals surface area contributed by atoms with Crippen molar-refractivity contribution >= 4 is 5.82 Å². The monoisotopic (exact) mass is 352 g/mol. The number of hydrogen-bond acceptors (Lipinski definition) is 4. The van der Waals surface area contributed by atoms with Crippen LogP contribution < -0.4 is 10.2 Å². The van der Waals surface area contributed by atoms with Crippen LogP contribution in [-0.2, 0) is 18.5 Å². The molecule has 0 spiro atoms. The Morgan fingerprint density at radius 2 is 1.65 bits per heavy atom. The van der Waals surface area contributed by atoms with Crippen molar-refractivity contribution in [1.82, 2.24) is 15.2 Å². The molecule has 3 rings (SSSR count). The largest absolute Gasteiger partial charge is 0.354 e. The molecule has 1 N–H and O–H groups in total. The van der Waals surface area contributed by atoms with E-state index < -0.39 is 0 Å². The van der Waals surface area contributed by atoms with Crippen molar-refractivity contribution in [3.63, 3.8) is 0 Å². The van der Waals surface area contributed by atoms with Gasteiger partial charge in [0.15, 0.2) is 0 Å². The molecule has 0 atom stereocenters. The standard InChI is InChI=1S/C22H32N4/c1-22(2,3)20-9-7-18(8-10-20)16-23-17-19-6-5-11-24-21(19)26-14-12-25(4)13-15-26/h5-11,23H,12-17H2,1-4H3. The van der Waals surface area contributed by atoms with E-state index in [2.05, 4.69) is 78.3 Å². The third-order valence-electron chi connectivity index (χ3n) is 5.13. The van der Waals surface area contributed by atoms with Crippen LogP contribution in [0.1, 0.15) is 37.5 Å². The van der Waals surface area contributed by atoms with Gasteiger partial charge in [-0.05, 0) is 29.7 Å². The number of benzene rings is 1. The Morgan fingerprint density at radius 3 is 2.31 bits per heavy atom. The van der Waals surface area contributed by atoms with Crippen LogP contribution in [0.5, 0.6) is 0 Å². The SMILES string of the molecule is CN1CCN(c2ncccc2CNCc2ccc(C(C)(C)C)cc2)CC1. The maximum atomic E-state index is 4.66. The molecule has 1 aliphatic heterocycles. The molecule has 0 unspecified atom stereocenters. The first-order chi connectivity index (χ1) is 12.4. The summed E-state index contributed by atoms with van der Waals surface area (Å²) in [6.45, 7) is 12.8. The Kier molecular flexibility index (Phi) is 5.94. The fourth-order valence-electron chi connectivity index (χ4n) is 3.34. The predicted octanol–water partition coefficient (Wildman–Crippen LogP) is 3.42. The smallest absolute Gasteiger partial charge is 0.133 e. The quantitative estimate of drug-likeness (QED) is 0.893. The number of aromatic nitrogens is 1. The molecular formula is C22H32N4. The van der Waals surface area contributed by atoms with Gasteiger partial charge in [-0.15, -0.1) is 0 Å². The molecule has 0 saturated carbocycles. The van der Waals surface area contributed by atoms with Gasteiger partial charge in [0.1, 0.15) is 5.82 Å². The summed E-state index contributed by atoms with van der Waals surface area (Å²) in [7, 11) is 2.18. The average molecular weight is 353 g/mol. The van der Waals surface area contributed by atoms with Gasteiger partial charge >= 0.3 is 0 Å². The highest BCUT2D eigenvalue weighted by molar-refractivity contribution is 5.47. The van der Waals surface area contributed by atoms with Crippen molar-refractivity contribution in [3.05, 3.63) is 59.3 Å². The summed E-state index contributed by atoms with van der Waals surface area (Å²) in [5.74, 6) is 1.14. The zero-order chi connectivity index (χ0) is 18.6. The lowest BCUT2D eigenvalue weighted by Crippen LogP contribution is -2.45. The van der Waals surface area contributed by atoms with Crippen LogP contribution in [0.2, 0.25) is 0 Å². The lowest BCUT2D eigenvalue weighted by atomic mass is 9.87. The van der Waals surface area contributed by atoms with Gasteiger partial charge in [-0.2, -0.15) is 0 Å². The molecular weight excluding hydrogens is 320 g/mol. The minimum Gasteiger partial charge on any atom is -0.354 e. The number of hydrogen-bond donors (Lipinski definition) is 1. The number of nitrogens with one attached hydrogen (secondary N) is 1. The van der Waals surface area contributed by atoms with Crippen molar-refractivity contribution in [2.24, 2.45) is 0 Å². The summed E-state index contributed by atoms with van der Waals surface area (Å²) in [6, 6.07) is 13.2. The van der Waals surface area contributed by atoms with Crippen molar-refractivity contribution in [2.45, 2.75) is 39.3 Å². The third-order valence-corrected chi connectivity index (χ3v) is 5.13. The Bertz CT molecular complexity index is 695. The van der Waals surface area contributed by atoms with Gasteiger partial charge in [-0.25, -0.2) is 4.98 Å². The van der Waals surface area contributed by atoms with E-state index in [-0.39, 0.29) is 5.41 Å². The number of anilines is 1. The molecule has 4 heteroatoms. The van der Waals surface area contributed by atoms with Crippen LogP contribution in [0, 0.1) is 0 Å². The number of likely N-dealkylation sites (N-methyl/N-ethyl adjacent to an activating group) is 1. The Morgan fingerprint density at radius 1 is 0.962 bits per heavy atom. The van der Waals surface area contributed by atoms with E-state index in [1.807, 2.05) is 12.3 Å². The normalized spacial score (nSPS) is 16.1. The summed E-state index contributed by atoms with van der Waals surface area (Å²) in [4.78, 5) is 9.44. The fourth-order valence-corrected chi connectivity index (χ4v) is 3.34. The molecule has 1 aromatic heterocycles. The third kappa shape index (κ3) is 4.83. The van der Waals surface area contributed by atoms with E-state index in [0.717, 1.165) is 45.1 Å². The summed E-state index contributed by atoms with van der Waals surface area (Å²) >= 11 is 0. The molecule has 1 aromatic carbocycles. The van der Waals surface area contributed by atoms with Crippen LogP contribution in [0.4, 0.5) is 5.82 Å². The second-order valence-corrected chi connectivity index (χ2v) is 8.33. The summed E-state index contributed by atoms with van der Waals surface area (Å²) < 4.78 is 0. The number of piperazine rings is 1. The van der Waals surface area contributed by atoms with E-state index in [9.17, 15) is 0 Å². The fraction of sp³-hybridized carbons (Fsp3) is 0.500. The van der Waals surface area contributed by atoms with Crippen LogP contribution in [-0.4, -0.2) is 43.1 Å². The van der Waals surface area contributed by atoms with Crippen molar-refractivity contribution in [1.29, 1.82) is 0 Å². The van der Waals surface area contributed by atoms with Gasteiger partial charge in [0.2, 0.25) is 0 Å². The molecule has 4 nitrogen and oxygen atoms in total. The molecule has 0 amide bonds. The zero-order valence-corrected chi connectivity index (χ0v) is 16.6. The van der Waals surface area contributed by atoms with Crippen molar-refractivity contribution in [2.75, 3.05) is 38.1 Å². The summed E-state index contributed by atoms with van der Waals surface area (Å²) in [5.41, 5.74) is 4.19. The van der Waals surface area contributed by atoms with Crippen LogP contribution in [0.25, 0.3) is 0 Å². The first-order valence-electron chi connectivity index (χ1n) is 9.61. The second kappa shape index (κ2) is 8.19. The lowest BCUT2D eigenvalue weighted by Gasteiger charge is -2.34. The first-order valence-corrected chi connectivity index (χ1v) is 9.61. The van der Waals surface area contributed by atoms with Gasteiger partial charge in [0.05, 0.1) is 0 Å². The van der Waals surface area contributed by atoms with E-state index in [4.69, 9.17) is 0 Å². The van der Waals surface area contributed by atoms with Gasteiger partial charge in [-0.3, -0.25) is 0 Å². The van der Waals surface area contributed by atoms with Gasteiger partial charge < -0.3 is 15.1 Å². The minimum absolute atomic E-state index is 0.207. The average Bonchev–Trinajstić information content (AvgIpc) is 2.63. The number of nitrogens with zero attached hydrogens (tertiary/aromatic N) is 3. The highest BCUT2D eigenvalue weighted by Crippen LogP contribution is 2.22. The molecule has 26 heavy (non-hydrogen) atoms. The molecule has 2 aromatic rings. The lowest BCUT2D eigenvalue weighted by molar-refractivity contribution is 0.311. The second-order valence-electron chi connectivity index (χ2n) is 8.33. The molecule has 140 valence electrons. The number of pyridine rings is 1. The molecule has 2 heterocycles. The van der Waals surface area contributed by atoms with E-state index >= 15 is 0 Å². The highest BCUT2D eigenvalue weighted by Gasteiger charge is 2.17. The molecule has 1 aliphatic rings. The molecule has 0 radical (unpaired) electrons. The van der Waals surface area contributed by atoms with E-state index in [1.165, 1.54) is 16.7 Å². The molecule has 1 fully saturated rings. The molecule has 1 saturated heterocycles.